The van der Waals surface area contributed by atoms with Gasteiger partial charge in [-0.25, -0.2) is 0 Å². The maximum absolute atomic E-state index is 11.0. The molecule has 0 unspecified atom stereocenters. The smallest absolute Gasteiger partial charge is 0.288 e. The van der Waals surface area contributed by atoms with Crippen LogP contribution in [0, 0.1) is 10.1 Å². The second-order valence-corrected chi connectivity index (χ2v) is 3.76. The molecule has 0 fully saturated rings. The number of nitro groups is 1. The largest absolute Gasteiger partial charge is 0.295 e. The number of hydrogen-bond acceptors (Lipinski definition) is 3. The average molecular weight is 240 g/mol. The summed E-state index contributed by atoms with van der Waals surface area (Å²) in [5.74, 6) is -0.0717. The predicted molar refractivity (Wildman–Crippen MR) is 62.4 cm³/mol. The highest BCUT2D eigenvalue weighted by Gasteiger charge is 2.12. The topological polar surface area (TPSA) is 60.2 Å². The van der Waals surface area contributed by atoms with Gasteiger partial charge in [-0.3, -0.25) is 14.9 Å². The van der Waals surface area contributed by atoms with Gasteiger partial charge in [-0.05, 0) is 37.1 Å². The first-order valence-corrected chi connectivity index (χ1v) is 4.93. The number of carbonyl (C=O) groups excluding carboxylic acids is 1. The van der Waals surface area contributed by atoms with Crippen LogP contribution in [-0.4, -0.2) is 10.7 Å². The molecule has 0 aromatic heterocycles. The van der Waals surface area contributed by atoms with Crippen molar-refractivity contribution in [2.75, 3.05) is 0 Å². The molecule has 0 saturated carbocycles. The summed E-state index contributed by atoms with van der Waals surface area (Å²) in [4.78, 5) is 21.1. The minimum Gasteiger partial charge on any atom is -0.295 e. The lowest BCUT2D eigenvalue weighted by Gasteiger charge is -1.99. The first-order valence-electron chi connectivity index (χ1n) is 4.55. The van der Waals surface area contributed by atoms with Crippen LogP contribution < -0.4 is 0 Å². The number of allylic oxidation sites excluding steroid dienone is 1. The summed E-state index contributed by atoms with van der Waals surface area (Å²) in [5.41, 5.74) is 0.965. The molecule has 0 bridgehead atoms. The molecule has 1 rings (SSSR count). The number of ketones is 1. The molecule has 84 valence electrons. The molecule has 4 nitrogen and oxygen atoms in total. The van der Waals surface area contributed by atoms with E-state index in [1.807, 2.05) is 0 Å². The van der Waals surface area contributed by atoms with Crippen molar-refractivity contribution in [3.63, 3.8) is 0 Å². The van der Waals surface area contributed by atoms with Crippen molar-refractivity contribution in [1.82, 2.24) is 0 Å². The lowest BCUT2D eigenvalue weighted by molar-refractivity contribution is -0.384. The molecule has 0 radical (unpaired) electrons. The van der Waals surface area contributed by atoms with Crippen LogP contribution >= 0.6 is 11.6 Å². The molecule has 0 aliphatic rings. The van der Waals surface area contributed by atoms with Gasteiger partial charge in [0.2, 0.25) is 0 Å². The van der Waals surface area contributed by atoms with E-state index in [9.17, 15) is 14.9 Å². The summed E-state index contributed by atoms with van der Waals surface area (Å²) in [6.45, 7) is 3.10. The molecular formula is C11H10ClNO3. The molecule has 0 N–H and O–H groups in total. The van der Waals surface area contributed by atoms with Gasteiger partial charge in [-0.15, -0.1) is 0 Å². The summed E-state index contributed by atoms with van der Waals surface area (Å²) in [6, 6.07) is 4.41. The van der Waals surface area contributed by atoms with E-state index < -0.39 is 4.92 Å². The molecule has 0 amide bonds. The van der Waals surface area contributed by atoms with Crippen LogP contribution in [0.3, 0.4) is 0 Å². The Hall–Kier alpha value is -1.68. The first-order chi connectivity index (χ1) is 7.41. The second kappa shape index (κ2) is 4.90. The summed E-state index contributed by atoms with van der Waals surface area (Å²) in [7, 11) is 0. The molecule has 0 saturated heterocycles. The lowest BCUT2D eigenvalue weighted by Crippen LogP contribution is -1.92. The molecule has 0 atom stereocenters. The normalized spacial score (nSPS) is 11.3. The van der Waals surface area contributed by atoms with E-state index in [1.165, 1.54) is 19.1 Å². The predicted octanol–water partition coefficient (Wildman–Crippen LogP) is 3.24. The zero-order chi connectivity index (χ0) is 12.3. The maximum atomic E-state index is 11.0. The Labute approximate surface area is 97.7 Å². The SMILES string of the molecule is CC(=O)/C(C)=C\c1ccc(Cl)c([N+](=O)[O-])c1. The fourth-order valence-corrected chi connectivity index (χ4v) is 1.30. The molecule has 0 spiro atoms. The molecule has 1 aromatic carbocycles. The molecule has 0 heterocycles. The van der Waals surface area contributed by atoms with Crippen molar-refractivity contribution < 1.29 is 9.72 Å². The molecule has 1 aromatic rings. The van der Waals surface area contributed by atoms with Crippen molar-refractivity contribution in [3.05, 3.63) is 44.5 Å². The summed E-state index contributed by atoms with van der Waals surface area (Å²) < 4.78 is 0. The Kier molecular flexibility index (Phi) is 3.79. The third-order valence-corrected chi connectivity index (χ3v) is 2.42. The maximum Gasteiger partial charge on any atom is 0.288 e. The number of halogens is 1. The van der Waals surface area contributed by atoms with Crippen LogP contribution in [0.15, 0.2) is 23.8 Å². The lowest BCUT2D eigenvalue weighted by atomic mass is 10.1. The van der Waals surface area contributed by atoms with Crippen molar-refractivity contribution >= 4 is 29.1 Å². The monoisotopic (exact) mass is 239 g/mol. The van der Waals surface area contributed by atoms with Gasteiger partial charge < -0.3 is 0 Å². The molecule has 5 heteroatoms. The Morgan fingerprint density at radius 3 is 2.56 bits per heavy atom. The van der Waals surface area contributed by atoms with Gasteiger partial charge in [0.05, 0.1) is 4.92 Å². The van der Waals surface area contributed by atoms with Crippen molar-refractivity contribution in [2.45, 2.75) is 13.8 Å². The van der Waals surface area contributed by atoms with Gasteiger partial charge in [0.15, 0.2) is 5.78 Å². The zero-order valence-corrected chi connectivity index (χ0v) is 9.62. The van der Waals surface area contributed by atoms with Crippen LogP contribution in [0.1, 0.15) is 19.4 Å². The van der Waals surface area contributed by atoms with E-state index in [2.05, 4.69) is 0 Å². The fraction of sp³-hybridized carbons (Fsp3) is 0.182. The third-order valence-electron chi connectivity index (χ3n) is 2.11. The summed E-state index contributed by atoms with van der Waals surface area (Å²) >= 11 is 5.66. The number of nitro benzene ring substituents is 1. The average Bonchev–Trinajstić information content (AvgIpc) is 2.20. The van der Waals surface area contributed by atoms with Crippen molar-refractivity contribution in [3.8, 4) is 0 Å². The fourth-order valence-electron chi connectivity index (χ4n) is 1.11. The number of carbonyl (C=O) groups is 1. The van der Waals surface area contributed by atoms with Crippen LogP contribution in [0.2, 0.25) is 5.02 Å². The molecule has 0 aliphatic heterocycles. The standard InChI is InChI=1S/C11H10ClNO3/c1-7(8(2)14)5-9-3-4-10(12)11(6-9)13(15)16/h3-6H,1-2H3/b7-5-. The van der Waals surface area contributed by atoms with Gasteiger partial charge in [0, 0.05) is 6.07 Å². The van der Waals surface area contributed by atoms with Gasteiger partial charge in [0.1, 0.15) is 5.02 Å². The third kappa shape index (κ3) is 2.90. The number of benzene rings is 1. The summed E-state index contributed by atoms with van der Waals surface area (Å²) in [5, 5.41) is 10.7. The summed E-state index contributed by atoms with van der Waals surface area (Å²) in [6.07, 6.45) is 1.59. The number of nitrogens with zero attached hydrogens (tertiary/aromatic N) is 1. The van der Waals surface area contributed by atoms with E-state index in [1.54, 1.807) is 19.1 Å². The van der Waals surface area contributed by atoms with E-state index in [0.29, 0.717) is 11.1 Å². The van der Waals surface area contributed by atoms with Gasteiger partial charge in [-0.1, -0.05) is 17.7 Å². The number of hydrogen-bond donors (Lipinski definition) is 0. The van der Waals surface area contributed by atoms with E-state index in [-0.39, 0.29) is 16.5 Å². The van der Waals surface area contributed by atoms with Gasteiger partial charge in [0.25, 0.3) is 5.69 Å². The molecule has 16 heavy (non-hydrogen) atoms. The van der Waals surface area contributed by atoms with Gasteiger partial charge >= 0.3 is 0 Å². The minimum absolute atomic E-state index is 0.0717. The van der Waals surface area contributed by atoms with Crippen LogP contribution in [0.5, 0.6) is 0 Å². The zero-order valence-electron chi connectivity index (χ0n) is 8.86. The van der Waals surface area contributed by atoms with Crippen LogP contribution in [0.4, 0.5) is 5.69 Å². The van der Waals surface area contributed by atoms with E-state index in [0.717, 1.165) is 0 Å². The second-order valence-electron chi connectivity index (χ2n) is 3.35. The Balaban J connectivity index is 3.18. The highest BCUT2D eigenvalue weighted by atomic mass is 35.5. The molecular weight excluding hydrogens is 230 g/mol. The number of rotatable bonds is 3. The minimum atomic E-state index is -0.553. The van der Waals surface area contributed by atoms with Gasteiger partial charge in [-0.2, -0.15) is 0 Å². The van der Waals surface area contributed by atoms with E-state index in [4.69, 9.17) is 11.6 Å². The van der Waals surface area contributed by atoms with Crippen molar-refractivity contribution in [2.24, 2.45) is 0 Å². The number of Topliss-reactive ketones (excluding diaryl/α,β-unsaturated/α-hetero) is 1. The Morgan fingerprint density at radius 1 is 1.44 bits per heavy atom. The highest BCUT2D eigenvalue weighted by Crippen LogP contribution is 2.26. The van der Waals surface area contributed by atoms with E-state index >= 15 is 0 Å². The quantitative estimate of drug-likeness (QED) is 0.462. The first kappa shape index (κ1) is 12.4. The van der Waals surface area contributed by atoms with Crippen LogP contribution in [0.25, 0.3) is 6.08 Å². The highest BCUT2D eigenvalue weighted by molar-refractivity contribution is 6.32. The van der Waals surface area contributed by atoms with Crippen LogP contribution in [-0.2, 0) is 4.79 Å². The molecule has 0 aliphatic carbocycles. The van der Waals surface area contributed by atoms with Crippen molar-refractivity contribution in [1.29, 1.82) is 0 Å². The Bertz CT molecular complexity index is 480. The Morgan fingerprint density at radius 2 is 2.06 bits per heavy atom.